The zero-order chi connectivity index (χ0) is 17.8. The molecule has 2 aromatic carbocycles. The third-order valence-electron chi connectivity index (χ3n) is 4.36. The van der Waals surface area contributed by atoms with Crippen LogP contribution in [-0.4, -0.2) is 18.6 Å². The van der Waals surface area contributed by atoms with Crippen LogP contribution in [0.4, 0.5) is 8.78 Å². The van der Waals surface area contributed by atoms with Gasteiger partial charge in [-0.15, -0.1) is 12.4 Å². The number of hydrogen-bond donors (Lipinski definition) is 2. The number of carbonyl (C=O) groups excluding carboxylic acids is 1. The van der Waals surface area contributed by atoms with Gasteiger partial charge < -0.3 is 15.4 Å². The Kier molecular flexibility index (Phi) is 6.94. The summed E-state index contributed by atoms with van der Waals surface area (Å²) in [6, 6.07) is 13.7. The van der Waals surface area contributed by atoms with Gasteiger partial charge >= 0.3 is 6.61 Å². The number of halogens is 3. The lowest BCUT2D eigenvalue weighted by molar-refractivity contribution is -0.124. The van der Waals surface area contributed by atoms with Crippen molar-refractivity contribution in [3.63, 3.8) is 0 Å². The monoisotopic (exact) mass is 382 g/mol. The molecule has 0 bridgehead atoms. The van der Waals surface area contributed by atoms with E-state index in [-0.39, 0.29) is 30.1 Å². The highest BCUT2D eigenvalue weighted by atomic mass is 35.5. The molecular weight excluding hydrogens is 362 g/mol. The van der Waals surface area contributed by atoms with Crippen molar-refractivity contribution < 1.29 is 18.3 Å². The van der Waals surface area contributed by atoms with Gasteiger partial charge in [-0.1, -0.05) is 42.5 Å². The first-order chi connectivity index (χ1) is 12.0. The van der Waals surface area contributed by atoms with E-state index in [9.17, 15) is 13.6 Å². The predicted molar refractivity (Wildman–Crippen MR) is 97.7 cm³/mol. The number of rotatable bonds is 5. The number of benzene rings is 2. The number of para-hydroxylation sites is 1. The van der Waals surface area contributed by atoms with Crippen LogP contribution in [0.25, 0.3) is 0 Å². The minimum absolute atomic E-state index is 0. The van der Waals surface area contributed by atoms with Crippen molar-refractivity contribution in [1.82, 2.24) is 10.6 Å². The molecule has 1 amide bonds. The molecule has 0 spiro atoms. The Labute approximate surface area is 157 Å². The fourth-order valence-electron chi connectivity index (χ4n) is 3.07. The SMILES string of the molecule is CC(NC(=O)C1Cc2ccccc2CN1)c1ccccc1OC(F)F.Cl. The molecular formula is C19H21ClF2N2O2. The van der Waals surface area contributed by atoms with Crippen LogP contribution < -0.4 is 15.4 Å². The van der Waals surface area contributed by atoms with Crippen molar-refractivity contribution in [3.05, 3.63) is 65.2 Å². The van der Waals surface area contributed by atoms with Crippen LogP contribution in [-0.2, 0) is 17.8 Å². The third-order valence-corrected chi connectivity index (χ3v) is 4.36. The average molecular weight is 383 g/mol. The summed E-state index contributed by atoms with van der Waals surface area (Å²) in [4.78, 5) is 12.6. The Bertz CT molecular complexity index is 758. The Hall–Kier alpha value is -2.18. The van der Waals surface area contributed by atoms with Crippen LogP contribution in [0.2, 0.25) is 0 Å². The van der Waals surface area contributed by atoms with Gasteiger partial charge in [-0.2, -0.15) is 8.78 Å². The van der Waals surface area contributed by atoms with E-state index < -0.39 is 12.7 Å². The Morgan fingerprint density at radius 1 is 1.15 bits per heavy atom. The fourth-order valence-corrected chi connectivity index (χ4v) is 3.07. The summed E-state index contributed by atoms with van der Waals surface area (Å²) in [5.74, 6) is -0.0823. The normalized spacial score (nSPS) is 17.0. The third kappa shape index (κ3) is 4.71. The van der Waals surface area contributed by atoms with Crippen molar-refractivity contribution in [2.24, 2.45) is 0 Å². The lowest BCUT2D eigenvalue weighted by Crippen LogP contribution is -2.48. The number of alkyl halides is 2. The van der Waals surface area contributed by atoms with E-state index in [0.29, 0.717) is 18.5 Å². The molecule has 26 heavy (non-hydrogen) atoms. The standard InChI is InChI=1S/C19H20F2N2O2.ClH/c1-12(15-8-4-5-9-17(15)25-19(20)21)23-18(24)16-10-13-6-2-3-7-14(13)11-22-16;/h2-9,12,16,19,22H,10-11H2,1H3,(H,23,24);1H. The minimum Gasteiger partial charge on any atom is -0.434 e. The number of fused-ring (bicyclic) bond motifs is 1. The van der Waals surface area contributed by atoms with E-state index >= 15 is 0 Å². The first-order valence-corrected chi connectivity index (χ1v) is 8.19. The van der Waals surface area contributed by atoms with E-state index in [2.05, 4.69) is 15.4 Å². The predicted octanol–water partition coefficient (Wildman–Crippen LogP) is 3.60. The van der Waals surface area contributed by atoms with E-state index in [0.717, 1.165) is 5.56 Å². The molecule has 2 N–H and O–H groups in total. The maximum absolute atomic E-state index is 12.6. The number of ether oxygens (including phenoxy) is 1. The summed E-state index contributed by atoms with van der Waals surface area (Å²) < 4.78 is 29.6. The highest BCUT2D eigenvalue weighted by Crippen LogP contribution is 2.26. The maximum Gasteiger partial charge on any atom is 0.387 e. The molecule has 0 radical (unpaired) electrons. The minimum atomic E-state index is -2.90. The van der Waals surface area contributed by atoms with Gasteiger partial charge in [-0.3, -0.25) is 4.79 Å². The summed E-state index contributed by atoms with van der Waals surface area (Å²) in [6.45, 7) is -0.517. The fraction of sp³-hybridized carbons (Fsp3) is 0.316. The van der Waals surface area contributed by atoms with Crippen LogP contribution in [0.3, 0.4) is 0 Å². The topological polar surface area (TPSA) is 50.4 Å². The molecule has 1 aliphatic heterocycles. The quantitative estimate of drug-likeness (QED) is 0.830. The molecule has 140 valence electrons. The van der Waals surface area contributed by atoms with E-state index in [1.54, 1.807) is 25.1 Å². The number of amides is 1. The van der Waals surface area contributed by atoms with Gasteiger partial charge in [0.25, 0.3) is 0 Å². The lowest BCUT2D eigenvalue weighted by atomic mass is 9.95. The molecule has 0 fully saturated rings. The van der Waals surface area contributed by atoms with Gasteiger partial charge in [0.05, 0.1) is 12.1 Å². The first kappa shape index (κ1) is 20.1. The second kappa shape index (κ2) is 8.96. The largest absolute Gasteiger partial charge is 0.434 e. The number of carbonyl (C=O) groups is 1. The molecule has 0 aliphatic carbocycles. The summed E-state index contributed by atoms with van der Waals surface area (Å²) >= 11 is 0. The molecule has 1 heterocycles. The van der Waals surface area contributed by atoms with Gasteiger partial charge in [0.15, 0.2) is 0 Å². The van der Waals surface area contributed by atoms with E-state index in [1.807, 2.05) is 24.3 Å². The zero-order valence-electron chi connectivity index (χ0n) is 14.2. The molecule has 2 unspecified atom stereocenters. The molecule has 1 aliphatic rings. The lowest BCUT2D eigenvalue weighted by Gasteiger charge is -2.27. The zero-order valence-corrected chi connectivity index (χ0v) is 15.1. The van der Waals surface area contributed by atoms with Crippen molar-refractivity contribution in [1.29, 1.82) is 0 Å². The van der Waals surface area contributed by atoms with Crippen LogP contribution in [0.15, 0.2) is 48.5 Å². The molecule has 2 aromatic rings. The van der Waals surface area contributed by atoms with Crippen molar-refractivity contribution in [2.45, 2.75) is 38.6 Å². The van der Waals surface area contributed by atoms with Gasteiger partial charge in [-0.05, 0) is 30.5 Å². The number of nitrogens with one attached hydrogen (secondary N) is 2. The van der Waals surface area contributed by atoms with Crippen LogP contribution in [0.1, 0.15) is 29.7 Å². The Morgan fingerprint density at radius 3 is 2.54 bits per heavy atom. The molecule has 7 heteroatoms. The Balaban J connectivity index is 0.00000243. The molecule has 3 rings (SSSR count). The Morgan fingerprint density at radius 2 is 1.81 bits per heavy atom. The second-order valence-corrected chi connectivity index (χ2v) is 6.05. The van der Waals surface area contributed by atoms with Gasteiger partial charge in [0, 0.05) is 12.1 Å². The average Bonchev–Trinajstić information content (AvgIpc) is 2.61. The van der Waals surface area contributed by atoms with Crippen molar-refractivity contribution in [3.8, 4) is 5.75 Å². The van der Waals surface area contributed by atoms with Crippen LogP contribution in [0.5, 0.6) is 5.75 Å². The number of hydrogen-bond acceptors (Lipinski definition) is 3. The van der Waals surface area contributed by atoms with E-state index in [4.69, 9.17) is 0 Å². The van der Waals surface area contributed by atoms with Crippen LogP contribution in [0, 0.1) is 0 Å². The molecule has 2 atom stereocenters. The molecule has 4 nitrogen and oxygen atoms in total. The molecule has 0 saturated heterocycles. The van der Waals surface area contributed by atoms with Gasteiger partial charge in [-0.25, -0.2) is 0 Å². The first-order valence-electron chi connectivity index (χ1n) is 8.19. The van der Waals surface area contributed by atoms with E-state index in [1.165, 1.54) is 11.6 Å². The summed E-state index contributed by atoms with van der Waals surface area (Å²) in [5.41, 5.74) is 2.86. The summed E-state index contributed by atoms with van der Waals surface area (Å²) in [5, 5.41) is 6.10. The smallest absolute Gasteiger partial charge is 0.387 e. The molecule has 0 aromatic heterocycles. The summed E-state index contributed by atoms with van der Waals surface area (Å²) in [7, 11) is 0. The maximum atomic E-state index is 12.6. The van der Waals surface area contributed by atoms with Crippen molar-refractivity contribution >= 4 is 18.3 Å². The second-order valence-electron chi connectivity index (χ2n) is 6.05. The van der Waals surface area contributed by atoms with Gasteiger partial charge in [0.2, 0.25) is 5.91 Å². The highest BCUT2D eigenvalue weighted by molar-refractivity contribution is 5.85. The van der Waals surface area contributed by atoms with Crippen LogP contribution >= 0.6 is 12.4 Å². The van der Waals surface area contributed by atoms with Gasteiger partial charge in [0.1, 0.15) is 5.75 Å². The van der Waals surface area contributed by atoms with Crippen molar-refractivity contribution in [2.75, 3.05) is 0 Å². The highest BCUT2D eigenvalue weighted by Gasteiger charge is 2.25. The summed E-state index contributed by atoms with van der Waals surface area (Å²) in [6.07, 6.45) is 0.601. The molecule has 0 saturated carbocycles.